The third-order valence-corrected chi connectivity index (χ3v) is 6.30. The summed E-state index contributed by atoms with van der Waals surface area (Å²) in [5.74, 6) is -0.750. The first-order chi connectivity index (χ1) is 13.2. The lowest BCUT2D eigenvalue weighted by Crippen LogP contribution is -2.50. The third-order valence-electron chi connectivity index (χ3n) is 4.74. The summed E-state index contributed by atoms with van der Waals surface area (Å²) in [5.41, 5.74) is -0.688. The van der Waals surface area contributed by atoms with Crippen LogP contribution in [0.2, 0.25) is 0 Å². The summed E-state index contributed by atoms with van der Waals surface area (Å²) in [7, 11) is -2.37. The van der Waals surface area contributed by atoms with Gasteiger partial charge in [-0.15, -0.1) is 0 Å². The summed E-state index contributed by atoms with van der Waals surface area (Å²) < 4.78 is 28.3. The fourth-order valence-electron chi connectivity index (χ4n) is 3.03. The molecule has 2 amide bonds. The monoisotopic (exact) mass is 419 g/mol. The summed E-state index contributed by atoms with van der Waals surface area (Å²) in [6.07, 6.45) is 1.11. The van der Waals surface area contributed by atoms with Crippen LogP contribution in [0, 0.1) is 5.41 Å². The van der Waals surface area contributed by atoms with Crippen molar-refractivity contribution in [1.29, 1.82) is 0 Å². The highest BCUT2D eigenvalue weighted by atomic mass is 31.2. The van der Waals surface area contributed by atoms with Crippen LogP contribution >= 0.6 is 7.75 Å². The Balaban J connectivity index is 1.82. The molecule has 2 atom stereocenters. The third kappa shape index (κ3) is 6.27. The topological polar surface area (TPSA) is 123 Å². The molecular weight excluding hydrogens is 389 g/mol. The number of ether oxygens (including phenoxy) is 1. The van der Waals surface area contributed by atoms with Gasteiger partial charge in [0.15, 0.2) is 6.10 Å². The first-order valence-electron chi connectivity index (χ1n) is 9.47. The highest BCUT2D eigenvalue weighted by molar-refractivity contribution is 7.51. The van der Waals surface area contributed by atoms with Gasteiger partial charge in [0.25, 0.3) is 0 Å². The maximum Gasteiger partial charge on any atom is 0.406 e. The lowest BCUT2D eigenvalue weighted by Gasteiger charge is -2.40. The quantitative estimate of drug-likeness (QED) is 0.320. The Hall–Kier alpha value is -1.48. The van der Waals surface area contributed by atoms with Crippen molar-refractivity contribution in [2.75, 3.05) is 39.9 Å². The van der Waals surface area contributed by atoms with Gasteiger partial charge >= 0.3 is 13.7 Å². The number of esters is 1. The second-order valence-corrected chi connectivity index (χ2v) is 9.39. The molecule has 2 aliphatic rings. The fraction of sp³-hybridized carbons (Fsp3) is 0.824. The molecule has 0 aromatic heterocycles. The first kappa shape index (κ1) is 22.8. The zero-order chi connectivity index (χ0) is 20.8. The zero-order valence-electron chi connectivity index (χ0n) is 16.7. The molecule has 0 aromatic rings. The van der Waals surface area contributed by atoms with E-state index in [1.165, 1.54) is 7.11 Å². The van der Waals surface area contributed by atoms with E-state index in [4.69, 9.17) is 9.05 Å². The summed E-state index contributed by atoms with van der Waals surface area (Å²) in [6, 6.07) is 0. The maximum atomic E-state index is 12.8. The summed E-state index contributed by atoms with van der Waals surface area (Å²) in [4.78, 5) is 37.0. The van der Waals surface area contributed by atoms with Crippen LogP contribution < -0.4 is 10.4 Å². The number of carbonyl (C=O) groups is 3. The van der Waals surface area contributed by atoms with E-state index < -0.39 is 31.1 Å². The van der Waals surface area contributed by atoms with Crippen LogP contribution in [-0.4, -0.2) is 68.7 Å². The number of amides is 2. The number of rotatable bonds is 9. The number of hydrogen-bond acceptors (Lipinski definition) is 7. The molecule has 11 heteroatoms. The van der Waals surface area contributed by atoms with Crippen LogP contribution in [0.25, 0.3) is 0 Å². The van der Waals surface area contributed by atoms with Gasteiger partial charge in [-0.3, -0.25) is 23.4 Å². The van der Waals surface area contributed by atoms with E-state index in [1.54, 1.807) is 18.7 Å². The van der Waals surface area contributed by atoms with Gasteiger partial charge in [0.2, 0.25) is 11.8 Å². The van der Waals surface area contributed by atoms with Crippen molar-refractivity contribution in [3.63, 3.8) is 0 Å². The Kier molecular flexibility index (Phi) is 8.00. The van der Waals surface area contributed by atoms with Gasteiger partial charge in [0.05, 0.1) is 20.1 Å². The van der Waals surface area contributed by atoms with Crippen LogP contribution in [0.3, 0.4) is 0 Å². The molecule has 0 aromatic carbocycles. The highest BCUT2D eigenvalue weighted by Crippen LogP contribution is 2.53. The van der Waals surface area contributed by atoms with Gasteiger partial charge in [-0.1, -0.05) is 13.8 Å². The van der Waals surface area contributed by atoms with Crippen molar-refractivity contribution in [3.05, 3.63) is 0 Å². The van der Waals surface area contributed by atoms with Crippen LogP contribution in [0.5, 0.6) is 0 Å². The van der Waals surface area contributed by atoms with Crippen molar-refractivity contribution < 1.29 is 32.7 Å². The molecule has 2 N–H and O–H groups in total. The molecule has 2 heterocycles. The Morgan fingerprint density at radius 1 is 1.36 bits per heavy atom. The molecule has 160 valence electrons. The Morgan fingerprint density at radius 3 is 2.75 bits per heavy atom. The maximum absolute atomic E-state index is 12.8. The molecule has 0 aliphatic carbocycles. The summed E-state index contributed by atoms with van der Waals surface area (Å²) in [6.45, 7) is 5.40. The van der Waals surface area contributed by atoms with Crippen LogP contribution in [-0.2, 0) is 32.7 Å². The van der Waals surface area contributed by atoms with Crippen molar-refractivity contribution in [2.45, 2.75) is 45.6 Å². The second kappa shape index (κ2) is 9.82. The lowest BCUT2D eigenvalue weighted by molar-refractivity contribution is -0.141. The van der Waals surface area contributed by atoms with Crippen LogP contribution in [0.15, 0.2) is 0 Å². The average Bonchev–Trinajstić information content (AvgIpc) is 3.06. The van der Waals surface area contributed by atoms with E-state index in [2.05, 4.69) is 15.1 Å². The molecule has 10 nitrogen and oxygen atoms in total. The molecule has 1 unspecified atom stereocenters. The number of nitrogens with one attached hydrogen (secondary N) is 2. The lowest BCUT2D eigenvalue weighted by atomic mass is 9.87. The molecular formula is C17H30N3O7P. The number of likely N-dealkylation sites (tertiary alicyclic amines) is 1. The van der Waals surface area contributed by atoms with Crippen molar-refractivity contribution in [1.82, 2.24) is 15.3 Å². The van der Waals surface area contributed by atoms with Crippen molar-refractivity contribution in [3.8, 4) is 0 Å². The number of methoxy groups -OCH3 is 1. The van der Waals surface area contributed by atoms with E-state index in [0.29, 0.717) is 25.9 Å². The molecule has 0 spiro atoms. The molecule has 2 rings (SSSR count). The van der Waals surface area contributed by atoms with Gasteiger partial charge < -0.3 is 15.0 Å². The van der Waals surface area contributed by atoms with Crippen molar-refractivity contribution in [2.24, 2.45) is 5.41 Å². The minimum Gasteiger partial charge on any atom is -0.469 e. The highest BCUT2D eigenvalue weighted by Gasteiger charge is 2.47. The van der Waals surface area contributed by atoms with Crippen LogP contribution in [0.4, 0.5) is 0 Å². The minimum absolute atomic E-state index is 0.0387. The van der Waals surface area contributed by atoms with E-state index in [9.17, 15) is 18.9 Å². The Labute approximate surface area is 165 Å². The number of nitrogens with zero attached hydrogens (tertiary/aromatic N) is 1. The molecule has 2 aliphatic heterocycles. The van der Waals surface area contributed by atoms with Gasteiger partial charge in [-0.05, 0) is 12.8 Å². The number of hydrogen-bond donors (Lipinski definition) is 2. The average molecular weight is 419 g/mol. The predicted octanol–water partition coefficient (Wildman–Crippen LogP) is 0.818. The van der Waals surface area contributed by atoms with Crippen molar-refractivity contribution >= 4 is 25.5 Å². The Bertz CT molecular complexity index is 640. The molecule has 0 radical (unpaired) electrons. The standard InChI is InChI=1S/C17H30N3O7P/c1-17(2)12-26-28(24,19-8-5-11-20-10-4-6-13(20)21)27-15(17)16(23)18-9-7-14(22)25-3/h15H,4-12H2,1-3H3,(H,18,23)(H,19,24)/t15-,28?/m0/s1. The summed E-state index contributed by atoms with van der Waals surface area (Å²) >= 11 is 0. The second-order valence-electron chi connectivity index (χ2n) is 7.61. The number of carbonyl (C=O) groups excluding carboxylic acids is 3. The van der Waals surface area contributed by atoms with E-state index in [1.807, 2.05) is 0 Å². The Morgan fingerprint density at radius 2 is 2.11 bits per heavy atom. The zero-order valence-corrected chi connectivity index (χ0v) is 17.6. The fourth-order valence-corrected chi connectivity index (χ4v) is 4.85. The van der Waals surface area contributed by atoms with Gasteiger partial charge in [-0.2, -0.15) is 0 Å². The van der Waals surface area contributed by atoms with Gasteiger partial charge in [-0.25, -0.2) is 9.65 Å². The molecule has 0 bridgehead atoms. The van der Waals surface area contributed by atoms with Crippen LogP contribution in [0.1, 0.15) is 39.5 Å². The molecule has 2 fully saturated rings. The normalized spacial score (nSPS) is 26.9. The summed E-state index contributed by atoms with van der Waals surface area (Å²) in [5, 5.41) is 5.37. The van der Waals surface area contributed by atoms with E-state index >= 15 is 0 Å². The smallest absolute Gasteiger partial charge is 0.406 e. The SMILES string of the molecule is COC(=O)CCNC(=O)[C@@H]1OP(=O)(NCCCN2CCCC2=O)OCC1(C)C. The minimum atomic E-state index is -3.64. The van der Waals surface area contributed by atoms with Gasteiger partial charge in [0, 0.05) is 38.0 Å². The molecule has 2 saturated heterocycles. The molecule has 0 saturated carbocycles. The largest absolute Gasteiger partial charge is 0.469 e. The predicted molar refractivity (Wildman–Crippen MR) is 100 cm³/mol. The first-order valence-corrected chi connectivity index (χ1v) is 11.0. The van der Waals surface area contributed by atoms with E-state index in [-0.39, 0.29) is 25.5 Å². The molecule has 28 heavy (non-hydrogen) atoms. The van der Waals surface area contributed by atoms with E-state index in [0.717, 1.165) is 13.0 Å². The van der Waals surface area contributed by atoms with Gasteiger partial charge in [0.1, 0.15) is 0 Å².